The van der Waals surface area contributed by atoms with Crippen molar-refractivity contribution in [2.24, 2.45) is 5.92 Å². The monoisotopic (exact) mass is 249 g/mol. The lowest BCUT2D eigenvalue weighted by atomic mass is 10.1. The summed E-state index contributed by atoms with van der Waals surface area (Å²) < 4.78 is 0. The normalized spacial score (nSPS) is 10.8. The Balaban J connectivity index is 2.94. The third-order valence-corrected chi connectivity index (χ3v) is 2.71. The van der Waals surface area contributed by atoms with E-state index in [1.165, 1.54) is 0 Å². The van der Waals surface area contributed by atoms with Gasteiger partial charge in [0.25, 0.3) is 5.91 Å². The molecule has 0 saturated carbocycles. The lowest BCUT2D eigenvalue weighted by molar-refractivity contribution is 0.0682. The van der Waals surface area contributed by atoms with Gasteiger partial charge in [0, 0.05) is 31.4 Å². The van der Waals surface area contributed by atoms with Crippen molar-refractivity contribution in [2.45, 2.75) is 33.7 Å². The topological polar surface area (TPSA) is 45.2 Å². The molecule has 0 saturated heterocycles. The fraction of sp³-hybridized carbons (Fsp3) is 0.571. The molecule has 1 aromatic heterocycles. The van der Waals surface area contributed by atoms with Crippen LogP contribution in [0.5, 0.6) is 0 Å². The number of hydrogen-bond acceptors (Lipinski definition) is 3. The second-order valence-electron chi connectivity index (χ2n) is 5.12. The van der Waals surface area contributed by atoms with Crippen LogP contribution in [0, 0.1) is 5.92 Å². The number of anilines is 1. The summed E-state index contributed by atoms with van der Waals surface area (Å²) in [6, 6.07) is 3.75. The van der Waals surface area contributed by atoms with Crippen molar-refractivity contribution < 1.29 is 4.79 Å². The van der Waals surface area contributed by atoms with Crippen LogP contribution in [0.25, 0.3) is 0 Å². The minimum Gasteiger partial charge on any atom is -0.373 e. The molecule has 1 N–H and O–H groups in total. The maximum absolute atomic E-state index is 12.5. The SMILES string of the molecule is CNc1cc(C(=O)N(CC(C)C)C(C)C)ccn1. The van der Waals surface area contributed by atoms with Gasteiger partial charge < -0.3 is 10.2 Å². The quantitative estimate of drug-likeness (QED) is 0.872. The van der Waals surface area contributed by atoms with Crippen LogP contribution in [0.4, 0.5) is 5.82 Å². The second kappa shape index (κ2) is 6.38. The number of aromatic nitrogens is 1. The first-order chi connectivity index (χ1) is 8.45. The van der Waals surface area contributed by atoms with Crippen LogP contribution >= 0.6 is 0 Å². The third-order valence-electron chi connectivity index (χ3n) is 2.71. The standard InChI is InChI=1S/C14H23N3O/c1-10(2)9-17(11(3)4)14(18)12-6-7-16-13(8-12)15-5/h6-8,10-11H,9H2,1-5H3,(H,15,16). The molecular formula is C14H23N3O. The Labute approximate surface area is 109 Å². The number of rotatable bonds is 5. The fourth-order valence-corrected chi connectivity index (χ4v) is 1.79. The van der Waals surface area contributed by atoms with Crippen LogP contribution in [0.2, 0.25) is 0 Å². The maximum atomic E-state index is 12.5. The van der Waals surface area contributed by atoms with E-state index in [9.17, 15) is 4.79 Å². The first-order valence-corrected chi connectivity index (χ1v) is 6.40. The largest absolute Gasteiger partial charge is 0.373 e. The Hall–Kier alpha value is -1.58. The summed E-state index contributed by atoms with van der Waals surface area (Å²) in [7, 11) is 1.80. The van der Waals surface area contributed by atoms with Gasteiger partial charge in [-0.2, -0.15) is 0 Å². The number of carbonyl (C=O) groups is 1. The predicted octanol–water partition coefficient (Wildman–Crippen LogP) is 2.63. The van der Waals surface area contributed by atoms with E-state index in [2.05, 4.69) is 24.1 Å². The molecule has 4 heteroatoms. The molecule has 1 rings (SSSR count). The van der Waals surface area contributed by atoms with Gasteiger partial charge in [0.15, 0.2) is 0 Å². The predicted molar refractivity (Wildman–Crippen MR) is 74.8 cm³/mol. The fourth-order valence-electron chi connectivity index (χ4n) is 1.79. The highest BCUT2D eigenvalue weighted by atomic mass is 16.2. The maximum Gasteiger partial charge on any atom is 0.254 e. The molecule has 0 fully saturated rings. The van der Waals surface area contributed by atoms with Crippen molar-refractivity contribution in [3.8, 4) is 0 Å². The molecule has 0 spiro atoms. The van der Waals surface area contributed by atoms with E-state index in [1.54, 1.807) is 25.4 Å². The van der Waals surface area contributed by atoms with Gasteiger partial charge in [-0.25, -0.2) is 4.98 Å². The summed E-state index contributed by atoms with van der Waals surface area (Å²) in [5, 5.41) is 2.95. The van der Waals surface area contributed by atoms with E-state index >= 15 is 0 Å². The molecule has 1 amide bonds. The van der Waals surface area contributed by atoms with Crippen LogP contribution in [0.1, 0.15) is 38.1 Å². The number of pyridine rings is 1. The van der Waals surface area contributed by atoms with E-state index in [4.69, 9.17) is 0 Å². The minimum atomic E-state index is 0.0672. The second-order valence-corrected chi connectivity index (χ2v) is 5.12. The zero-order chi connectivity index (χ0) is 13.7. The molecule has 4 nitrogen and oxygen atoms in total. The van der Waals surface area contributed by atoms with E-state index in [1.807, 2.05) is 18.7 Å². The number of hydrogen-bond donors (Lipinski definition) is 1. The van der Waals surface area contributed by atoms with Crippen molar-refractivity contribution in [1.29, 1.82) is 0 Å². The summed E-state index contributed by atoms with van der Waals surface area (Å²) >= 11 is 0. The first kappa shape index (κ1) is 14.5. The Bertz CT molecular complexity index is 402. The third kappa shape index (κ3) is 3.72. The number of nitrogens with zero attached hydrogens (tertiary/aromatic N) is 2. The number of amides is 1. The Morgan fingerprint density at radius 3 is 2.56 bits per heavy atom. The molecular weight excluding hydrogens is 226 g/mol. The van der Waals surface area contributed by atoms with Gasteiger partial charge in [0.2, 0.25) is 0 Å². The van der Waals surface area contributed by atoms with Gasteiger partial charge in [-0.05, 0) is 31.9 Å². The van der Waals surface area contributed by atoms with Gasteiger partial charge in [-0.1, -0.05) is 13.8 Å². The van der Waals surface area contributed by atoms with Gasteiger partial charge in [0.1, 0.15) is 5.82 Å². The molecule has 0 aromatic carbocycles. The van der Waals surface area contributed by atoms with Crippen LogP contribution in [0.15, 0.2) is 18.3 Å². The van der Waals surface area contributed by atoms with Gasteiger partial charge in [0.05, 0.1) is 0 Å². The van der Waals surface area contributed by atoms with E-state index in [0.717, 1.165) is 6.54 Å². The van der Waals surface area contributed by atoms with Crippen molar-refractivity contribution in [3.63, 3.8) is 0 Å². The summed E-state index contributed by atoms with van der Waals surface area (Å²) in [6.07, 6.45) is 1.66. The number of carbonyl (C=O) groups excluding carboxylic acids is 1. The molecule has 0 unspecified atom stereocenters. The van der Waals surface area contributed by atoms with Crippen molar-refractivity contribution >= 4 is 11.7 Å². The molecule has 0 aliphatic rings. The van der Waals surface area contributed by atoms with Crippen molar-refractivity contribution in [1.82, 2.24) is 9.88 Å². The van der Waals surface area contributed by atoms with Crippen LogP contribution < -0.4 is 5.32 Å². The average Bonchev–Trinajstić information content (AvgIpc) is 2.34. The van der Waals surface area contributed by atoms with Gasteiger partial charge in [-0.3, -0.25) is 4.79 Å². The minimum absolute atomic E-state index is 0.0672. The molecule has 18 heavy (non-hydrogen) atoms. The smallest absolute Gasteiger partial charge is 0.254 e. The molecule has 0 aliphatic carbocycles. The summed E-state index contributed by atoms with van der Waals surface area (Å²) in [4.78, 5) is 18.5. The summed E-state index contributed by atoms with van der Waals surface area (Å²) in [5.41, 5.74) is 0.684. The average molecular weight is 249 g/mol. The van der Waals surface area contributed by atoms with E-state index in [0.29, 0.717) is 17.3 Å². The zero-order valence-corrected chi connectivity index (χ0v) is 11.9. The van der Waals surface area contributed by atoms with E-state index in [-0.39, 0.29) is 11.9 Å². The molecule has 0 radical (unpaired) electrons. The Morgan fingerprint density at radius 2 is 2.06 bits per heavy atom. The number of nitrogens with one attached hydrogen (secondary N) is 1. The van der Waals surface area contributed by atoms with E-state index < -0.39 is 0 Å². The molecule has 1 heterocycles. The highest BCUT2D eigenvalue weighted by molar-refractivity contribution is 5.95. The van der Waals surface area contributed by atoms with Gasteiger partial charge in [-0.15, -0.1) is 0 Å². The van der Waals surface area contributed by atoms with Crippen LogP contribution in [-0.4, -0.2) is 35.4 Å². The van der Waals surface area contributed by atoms with Crippen LogP contribution in [0.3, 0.4) is 0 Å². The molecule has 0 aliphatic heterocycles. The van der Waals surface area contributed by atoms with Crippen molar-refractivity contribution in [3.05, 3.63) is 23.9 Å². The molecule has 0 bridgehead atoms. The Morgan fingerprint density at radius 1 is 1.39 bits per heavy atom. The molecule has 100 valence electrons. The first-order valence-electron chi connectivity index (χ1n) is 6.40. The summed E-state index contributed by atoms with van der Waals surface area (Å²) in [5.74, 6) is 1.24. The zero-order valence-electron chi connectivity index (χ0n) is 11.9. The van der Waals surface area contributed by atoms with Gasteiger partial charge >= 0.3 is 0 Å². The Kier molecular flexibility index (Phi) is 5.13. The highest BCUT2D eigenvalue weighted by Crippen LogP contribution is 2.13. The summed E-state index contributed by atoms with van der Waals surface area (Å²) in [6.45, 7) is 9.09. The lowest BCUT2D eigenvalue weighted by Gasteiger charge is -2.28. The van der Waals surface area contributed by atoms with Crippen molar-refractivity contribution in [2.75, 3.05) is 18.9 Å². The highest BCUT2D eigenvalue weighted by Gasteiger charge is 2.19. The molecule has 0 atom stereocenters. The molecule has 1 aromatic rings. The van der Waals surface area contributed by atoms with Crippen LogP contribution in [-0.2, 0) is 0 Å². The lowest BCUT2D eigenvalue weighted by Crippen LogP contribution is -2.39.